The Kier molecular flexibility index (Phi) is 6.50. The summed E-state index contributed by atoms with van der Waals surface area (Å²) in [4.78, 5) is 14.8. The molecule has 1 N–H and O–H groups in total. The van der Waals surface area contributed by atoms with Crippen LogP contribution in [0.2, 0.25) is 0 Å². The zero-order valence-corrected chi connectivity index (χ0v) is 18.9. The third-order valence-electron chi connectivity index (χ3n) is 6.11. The molecule has 0 bridgehead atoms. The molecule has 1 aliphatic heterocycles. The van der Waals surface area contributed by atoms with Crippen LogP contribution in [0.4, 0.5) is 15.8 Å². The van der Waals surface area contributed by atoms with Gasteiger partial charge in [0.15, 0.2) is 0 Å². The number of carbonyl (C=O) groups excluding carboxylic acids is 1. The van der Waals surface area contributed by atoms with E-state index in [1.54, 1.807) is 24.3 Å². The molecule has 0 spiro atoms. The first-order valence-corrected chi connectivity index (χ1v) is 10.8. The van der Waals surface area contributed by atoms with E-state index in [0.717, 1.165) is 36.2 Å². The summed E-state index contributed by atoms with van der Waals surface area (Å²) < 4.78 is 15.0. The van der Waals surface area contributed by atoms with E-state index >= 15 is 4.39 Å². The molecule has 0 radical (unpaired) electrons. The fourth-order valence-electron chi connectivity index (χ4n) is 4.56. The van der Waals surface area contributed by atoms with Gasteiger partial charge in [0.1, 0.15) is 17.5 Å². The molecule has 5 heteroatoms. The van der Waals surface area contributed by atoms with Crippen molar-refractivity contribution in [1.82, 2.24) is 0 Å². The minimum Gasteiger partial charge on any atom is -0.366 e. The van der Waals surface area contributed by atoms with Gasteiger partial charge in [-0.15, -0.1) is 0 Å². The van der Waals surface area contributed by atoms with Crippen molar-refractivity contribution in [3.8, 4) is 6.07 Å². The molecule has 0 saturated heterocycles. The van der Waals surface area contributed by atoms with E-state index in [0.29, 0.717) is 5.69 Å². The summed E-state index contributed by atoms with van der Waals surface area (Å²) in [6.07, 6.45) is 3.19. The minimum absolute atomic E-state index is 0.0595. The van der Waals surface area contributed by atoms with E-state index < -0.39 is 11.7 Å². The number of fused-ring (bicyclic) bond motifs is 1. The fourth-order valence-corrected chi connectivity index (χ4v) is 4.56. The Morgan fingerprint density at radius 3 is 2.55 bits per heavy atom. The van der Waals surface area contributed by atoms with Gasteiger partial charge in [0.25, 0.3) is 5.91 Å². The van der Waals surface area contributed by atoms with Crippen molar-refractivity contribution in [3.63, 3.8) is 0 Å². The second-order valence-corrected chi connectivity index (χ2v) is 8.77. The lowest BCUT2D eigenvalue weighted by Crippen LogP contribution is -2.48. The molecule has 0 saturated carbocycles. The monoisotopic (exact) mass is 419 g/mol. The van der Waals surface area contributed by atoms with Crippen LogP contribution in [0.1, 0.15) is 63.6 Å². The molecule has 1 aliphatic rings. The van der Waals surface area contributed by atoms with Gasteiger partial charge in [-0.2, -0.15) is 5.26 Å². The summed E-state index contributed by atoms with van der Waals surface area (Å²) in [5.74, 6) is -0.736. The SMILES string of the molecule is CCc1ccc(NC(=O)/C(C#N)=C/c2cc3c(cc2F)N(CC)C(C)(C)CC3C)cc1. The summed E-state index contributed by atoms with van der Waals surface area (Å²) in [5.41, 5.74) is 3.76. The van der Waals surface area contributed by atoms with Crippen LogP contribution in [0.25, 0.3) is 6.08 Å². The third-order valence-corrected chi connectivity index (χ3v) is 6.11. The van der Waals surface area contributed by atoms with Gasteiger partial charge in [-0.1, -0.05) is 26.0 Å². The standard InChI is InChI=1S/C26H30FN3O/c1-6-18-8-10-21(11-9-18)29-25(31)20(16-28)12-19-13-22-17(3)15-26(4,5)30(7-2)24(22)14-23(19)27/h8-14,17H,6-7,15H2,1-5H3,(H,29,31)/b20-12+. The molecule has 2 aromatic carbocycles. The number of nitrogens with one attached hydrogen (secondary N) is 1. The molecule has 1 atom stereocenters. The summed E-state index contributed by atoms with van der Waals surface area (Å²) in [6, 6.07) is 12.7. The average molecular weight is 420 g/mol. The number of halogens is 1. The highest BCUT2D eigenvalue weighted by Gasteiger charge is 2.36. The number of nitriles is 1. The van der Waals surface area contributed by atoms with Crippen LogP contribution in [0.5, 0.6) is 0 Å². The lowest BCUT2D eigenvalue weighted by atomic mass is 9.79. The number of aryl methyl sites for hydroxylation is 1. The molecule has 1 amide bonds. The summed E-state index contributed by atoms with van der Waals surface area (Å²) in [5, 5.41) is 12.3. The molecular formula is C26H30FN3O. The number of anilines is 2. The maximum Gasteiger partial charge on any atom is 0.266 e. The first-order valence-electron chi connectivity index (χ1n) is 10.8. The Morgan fingerprint density at radius 2 is 1.97 bits per heavy atom. The second kappa shape index (κ2) is 8.93. The number of carbonyl (C=O) groups is 1. The summed E-state index contributed by atoms with van der Waals surface area (Å²) in [6.45, 7) is 11.4. The lowest BCUT2D eigenvalue weighted by Gasteiger charge is -2.47. The smallest absolute Gasteiger partial charge is 0.266 e. The van der Waals surface area contributed by atoms with E-state index in [1.807, 2.05) is 18.2 Å². The highest BCUT2D eigenvalue weighted by atomic mass is 19.1. The maximum atomic E-state index is 15.0. The highest BCUT2D eigenvalue weighted by Crippen LogP contribution is 2.44. The van der Waals surface area contributed by atoms with Crippen molar-refractivity contribution in [2.75, 3.05) is 16.8 Å². The molecule has 0 aromatic heterocycles. The quantitative estimate of drug-likeness (QED) is 0.474. The van der Waals surface area contributed by atoms with E-state index in [4.69, 9.17) is 0 Å². The van der Waals surface area contributed by atoms with Gasteiger partial charge in [0, 0.05) is 29.0 Å². The molecule has 1 unspecified atom stereocenters. The van der Waals surface area contributed by atoms with Crippen LogP contribution < -0.4 is 10.2 Å². The van der Waals surface area contributed by atoms with Crippen LogP contribution in [0.15, 0.2) is 42.0 Å². The van der Waals surface area contributed by atoms with Gasteiger partial charge in [-0.25, -0.2) is 4.39 Å². The number of rotatable bonds is 5. The largest absolute Gasteiger partial charge is 0.366 e. The molecule has 31 heavy (non-hydrogen) atoms. The van der Waals surface area contributed by atoms with Crippen molar-refractivity contribution in [3.05, 3.63) is 64.5 Å². The number of hydrogen-bond acceptors (Lipinski definition) is 3. The number of benzene rings is 2. The first kappa shape index (κ1) is 22.6. The predicted molar refractivity (Wildman–Crippen MR) is 125 cm³/mol. The van der Waals surface area contributed by atoms with E-state index in [1.165, 1.54) is 6.08 Å². The molecule has 3 rings (SSSR count). The average Bonchev–Trinajstić information content (AvgIpc) is 2.72. The number of nitrogens with zero attached hydrogens (tertiary/aromatic N) is 2. The predicted octanol–water partition coefficient (Wildman–Crippen LogP) is 6.05. The first-order chi connectivity index (χ1) is 14.7. The van der Waals surface area contributed by atoms with E-state index in [9.17, 15) is 10.1 Å². The zero-order valence-electron chi connectivity index (χ0n) is 18.9. The fraction of sp³-hybridized carbons (Fsp3) is 0.385. The van der Waals surface area contributed by atoms with Crippen LogP contribution in [0.3, 0.4) is 0 Å². The van der Waals surface area contributed by atoms with E-state index in [2.05, 4.69) is 44.8 Å². The van der Waals surface area contributed by atoms with Gasteiger partial charge in [0.2, 0.25) is 0 Å². The third kappa shape index (κ3) is 4.64. The maximum absolute atomic E-state index is 15.0. The van der Waals surface area contributed by atoms with Gasteiger partial charge in [-0.3, -0.25) is 4.79 Å². The topological polar surface area (TPSA) is 56.1 Å². The molecule has 1 heterocycles. The van der Waals surface area contributed by atoms with Crippen LogP contribution in [0, 0.1) is 17.1 Å². The molecule has 2 aromatic rings. The van der Waals surface area contributed by atoms with Crippen molar-refractivity contribution < 1.29 is 9.18 Å². The van der Waals surface area contributed by atoms with Crippen molar-refractivity contribution in [2.45, 2.75) is 58.9 Å². The molecule has 0 fully saturated rings. The van der Waals surface area contributed by atoms with Gasteiger partial charge < -0.3 is 10.2 Å². The van der Waals surface area contributed by atoms with Gasteiger partial charge >= 0.3 is 0 Å². The minimum atomic E-state index is -0.548. The van der Waals surface area contributed by atoms with Crippen molar-refractivity contribution in [1.29, 1.82) is 5.26 Å². The Hall–Kier alpha value is -3.13. The van der Waals surface area contributed by atoms with Crippen LogP contribution >= 0.6 is 0 Å². The number of hydrogen-bond donors (Lipinski definition) is 1. The van der Waals surface area contributed by atoms with E-state index in [-0.39, 0.29) is 22.6 Å². The van der Waals surface area contributed by atoms with Crippen LogP contribution in [-0.2, 0) is 11.2 Å². The highest BCUT2D eigenvalue weighted by molar-refractivity contribution is 6.09. The Labute approximate surface area is 184 Å². The molecule has 4 nitrogen and oxygen atoms in total. The Balaban J connectivity index is 1.93. The molecule has 0 aliphatic carbocycles. The molecular weight excluding hydrogens is 389 g/mol. The van der Waals surface area contributed by atoms with Crippen molar-refractivity contribution in [2.24, 2.45) is 0 Å². The zero-order chi connectivity index (χ0) is 22.8. The lowest BCUT2D eigenvalue weighted by molar-refractivity contribution is -0.112. The van der Waals surface area contributed by atoms with Crippen molar-refractivity contribution >= 4 is 23.4 Å². The number of amides is 1. The normalized spacial score (nSPS) is 17.6. The van der Waals surface area contributed by atoms with Gasteiger partial charge in [-0.05, 0) is 81.0 Å². The van der Waals surface area contributed by atoms with Crippen LogP contribution in [-0.4, -0.2) is 18.0 Å². The summed E-state index contributed by atoms with van der Waals surface area (Å²) in [7, 11) is 0. The van der Waals surface area contributed by atoms with Gasteiger partial charge in [0.05, 0.1) is 0 Å². The Morgan fingerprint density at radius 1 is 1.29 bits per heavy atom. The second-order valence-electron chi connectivity index (χ2n) is 8.77. The Bertz CT molecular complexity index is 1050. The molecule has 162 valence electrons. The summed E-state index contributed by atoms with van der Waals surface area (Å²) >= 11 is 0.